The summed E-state index contributed by atoms with van der Waals surface area (Å²) in [4.78, 5) is 4.30. The van der Waals surface area contributed by atoms with Gasteiger partial charge in [-0.1, -0.05) is 42.0 Å². The molecule has 0 spiro atoms. The van der Waals surface area contributed by atoms with Crippen LogP contribution < -0.4 is 0 Å². The Morgan fingerprint density at radius 1 is 1.00 bits per heavy atom. The number of hydrogen-bond donors (Lipinski definition) is 0. The molecule has 0 radical (unpaired) electrons. The molecule has 3 aromatic rings. The molecule has 0 amide bonds. The Morgan fingerprint density at radius 3 is 2.55 bits per heavy atom. The summed E-state index contributed by atoms with van der Waals surface area (Å²) in [7, 11) is -3.42. The first kappa shape index (κ1) is 19.0. The number of nitrogens with zero attached hydrogens (tertiary/aromatic N) is 2. The average Bonchev–Trinajstić information content (AvgIpc) is 3.15. The Kier molecular flexibility index (Phi) is 4.82. The maximum absolute atomic E-state index is 13.0. The molecule has 1 fully saturated rings. The van der Waals surface area contributed by atoms with Crippen molar-refractivity contribution >= 4 is 21.4 Å². The van der Waals surface area contributed by atoms with Crippen molar-refractivity contribution in [3.8, 4) is 11.1 Å². The standard InChI is InChI=1S/C23H24N2O2S2/c1-17-3-2-4-19(13-17)18-5-7-22(8-6-18)29(26,27)25-15-21(16-25)24-11-9-23-20(14-24)10-12-28-23/h2-8,10,12-13,21H,9,11,14-16H2,1H3. The second-order valence-corrected chi connectivity index (χ2v) is 10.9. The van der Waals surface area contributed by atoms with E-state index < -0.39 is 10.0 Å². The lowest BCUT2D eigenvalue weighted by atomic mass is 10.0. The van der Waals surface area contributed by atoms with Gasteiger partial charge in [0.25, 0.3) is 0 Å². The predicted molar refractivity (Wildman–Crippen MR) is 118 cm³/mol. The van der Waals surface area contributed by atoms with Crippen LogP contribution in [0, 0.1) is 6.92 Å². The second-order valence-electron chi connectivity index (χ2n) is 7.96. The molecule has 0 unspecified atom stereocenters. The molecule has 0 bridgehead atoms. The lowest BCUT2D eigenvalue weighted by Gasteiger charge is -2.45. The highest BCUT2D eigenvalue weighted by atomic mass is 32.2. The lowest BCUT2D eigenvalue weighted by Crippen LogP contribution is -2.61. The maximum atomic E-state index is 13.0. The lowest BCUT2D eigenvalue weighted by molar-refractivity contribution is 0.0775. The summed E-state index contributed by atoms with van der Waals surface area (Å²) < 4.78 is 27.6. The molecule has 1 aromatic heterocycles. The van der Waals surface area contributed by atoms with Gasteiger partial charge in [-0.15, -0.1) is 11.3 Å². The quantitative estimate of drug-likeness (QED) is 0.632. The van der Waals surface area contributed by atoms with Crippen LogP contribution in [0.15, 0.2) is 64.9 Å². The van der Waals surface area contributed by atoms with E-state index in [0.29, 0.717) is 24.0 Å². The van der Waals surface area contributed by atoms with E-state index in [1.54, 1.807) is 16.4 Å². The van der Waals surface area contributed by atoms with E-state index in [-0.39, 0.29) is 0 Å². The number of rotatable bonds is 4. The molecule has 29 heavy (non-hydrogen) atoms. The minimum absolute atomic E-state index is 0.324. The normalized spacial score (nSPS) is 18.4. The molecular formula is C23H24N2O2S2. The summed E-state index contributed by atoms with van der Waals surface area (Å²) in [5, 5.41) is 2.16. The van der Waals surface area contributed by atoms with E-state index in [1.807, 2.05) is 35.6 Å². The van der Waals surface area contributed by atoms with Crippen molar-refractivity contribution < 1.29 is 8.42 Å². The molecule has 0 aliphatic carbocycles. The van der Waals surface area contributed by atoms with Gasteiger partial charge < -0.3 is 0 Å². The van der Waals surface area contributed by atoms with E-state index in [1.165, 1.54) is 16.0 Å². The number of sulfonamides is 1. The highest BCUT2D eigenvalue weighted by Gasteiger charge is 2.40. The number of thiophene rings is 1. The zero-order chi connectivity index (χ0) is 20.0. The molecular weight excluding hydrogens is 400 g/mol. The molecule has 0 N–H and O–H groups in total. The highest BCUT2D eigenvalue weighted by Crippen LogP contribution is 2.31. The molecule has 0 atom stereocenters. The van der Waals surface area contributed by atoms with Crippen molar-refractivity contribution in [1.82, 2.24) is 9.21 Å². The largest absolute Gasteiger partial charge is 0.293 e. The first-order valence-corrected chi connectivity index (χ1v) is 12.3. The molecule has 150 valence electrons. The number of aryl methyl sites for hydroxylation is 1. The fraction of sp³-hybridized carbons (Fsp3) is 0.304. The predicted octanol–water partition coefficient (Wildman–Crippen LogP) is 4.15. The molecule has 0 saturated carbocycles. The molecule has 1 saturated heterocycles. The monoisotopic (exact) mass is 424 g/mol. The minimum Gasteiger partial charge on any atom is -0.293 e. The van der Waals surface area contributed by atoms with Crippen LogP contribution in [0.25, 0.3) is 11.1 Å². The third-order valence-corrected chi connectivity index (χ3v) is 8.89. The van der Waals surface area contributed by atoms with Gasteiger partial charge in [0.05, 0.1) is 4.90 Å². The van der Waals surface area contributed by atoms with Crippen molar-refractivity contribution in [2.24, 2.45) is 0 Å². The van der Waals surface area contributed by atoms with Crippen LogP contribution in [0.2, 0.25) is 0 Å². The molecule has 2 aliphatic heterocycles. The van der Waals surface area contributed by atoms with Gasteiger partial charge in [-0.3, -0.25) is 4.90 Å². The van der Waals surface area contributed by atoms with Crippen molar-refractivity contribution in [1.29, 1.82) is 0 Å². The zero-order valence-corrected chi connectivity index (χ0v) is 18.0. The smallest absolute Gasteiger partial charge is 0.243 e. The van der Waals surface area contributed by atoms with Crippen LogP contribution in [0.4, 0.5) is 0 Å². The summed E-state index contributed by atoms with van der Waals surface area (Å²) in [6, 6.07) is 18.1. The Morgan fingerprint density at radius 2 is 1.79 bits per heavy atom. The first-order valence-electron chi connectivity index (χ1n) is 9.97. The van der Waals surface area contributed by atoms with Gasteiger partial charge in [-0.25, -0.2) is 8.42 Å². The van der Waals surface area contributed by atoms with Gasteiger partial charge in [-0.05, 0) is 53.6 Å². The van der Waals surface area contributed by atoms with Crippen LogP contribution in [-0.2, 0) is 23.0 Å². The van der Waals surface area contributed by atoms with E-state index in [0.717, 1.165) is 30.6 Å². The van der Waals surface area contributed by atoms with Crippen molar-refractivity contribution in [3.63, 3.8) is 0 Å². The molecule has 2 aliphatic rings. The third-order valence-electron chi connectivity index (χ3n) is 6.03. The van der Waals surface area contributed by atoms with Crippen molar-refractivity contribution in [2.75, 3.05) is 19.6 Å². The zero-order valence-electron chi connectivity index (χ0n) is 16.4. The SMILES string of the molecule is Cc1cccc(-c2ccc(S(=O)(=O)N3CC(N4CCc5sccc5C4)C3)cc2)c1. The van der Waals surface area contributed by atoms with E-state index >= 15 is 0 Å². The third kappa shape index (κ3) is 3.55. The van der Waals surface area contributed by atoms with Crippen LogP contribution >= 0.6 is 11.3 Å². The maximum Gasteiger partial charge on any atom is 0.243 e. The van der Waals surface area contributed by atoms with Crippen LogP contribution in [0.3, 0.4) is 0 Å². The fourth-order valence-electron chi connectivity index (χ4n) is 4.22. The minimum atomic E-state index is -3.42. The number of fused-ring (bicyclic) bond motifs is 1. The van der Waals surface area contributed by atoms with Crippen LogP contribution in [0.5, 0.6) is 0 Å². The van der Waals surface area contributed by atoms with Gasteiger partial charge in [0, 0.05) is 37.1 Å². The Labute approximate surface area is 176 Å². The van der Waals surface area contributed by atoms with Gasteiger partial charge in [0.15, 0.2) is 0 Å². The summed E-state index contributed by atoms with van der Waals surface area (Å²) >= 11 is 1.83. The summed E-state index contributed by atoms with van der Waals surface area (Å²) in [5.41, 5.74) is 4.75. The molecule has 4 nitrogen and oxygen atoms in total. The second kappa shape index (κ2) is 7.36. The van der Waals surface area contributed by atoms with Crippen molar-refractivity contribution in [2.45, 2.75) is 30.8 Å². The van der Waals surface area contributed by atoms with E-state index in [2.05, 4.69) is 35.4 Å². The van der Waals surface area contributed by atoms with Crippen LogP contribution in [0.1, 0.15) is 16.0 Å². The highest BCUT2D eigenvalue weighted by molar-refractivity contribution is 7.89. The summed E-state index contributed by atoms with van der Waals surface area (Å²) in [6.07, 6.45) is 1.08. The Bertz CT molecular complexity index is 1130. The average molecular weight is 425 g/mol. The van der Waals surface area contributed by atoms with Gasteiger partial charge in [0.2, 0.25) is 10.0 Å². The van der Waals surface area contributed by atoms with E-state index in [4.69, 9.17) is 0 Å². The molecule has 6 heteroatoms. The van der Waals surface area contributed by atoms with E-state index in [9.17, 15) is 8.42 Å². The number of hydrogen-bond acceptors (Lipinski definition) is 4. The van der Waals surface area contributed by atoms with Gasteiger partial charge in [0.1, 0.15) is 0 Å². The summed E-state index contributed by atoms with van der Waals surface area (Å²) in [5.74, 6) is 0. The van der Waals surface area contributed by atoms with Crippen LogP contribution in [-0.4, -0.2) is 43.3 Å². The molecule has 5 rings (SSSR count). The number of benzene rings is 2. The van der Waals surface area contributed by atoms with Gasteiger partial charge in [-0.2, -0.15) is 4.31 Å². The topological polar surface area (TPSA) is 40.6 Å². The van der Waals surface area contributed by atoms with Crippen molar-refractivity contribution in [3.05, 3.63) is 76.0 Å². The Hall–Kier alpha value is -1.99. The summed E-state index contributed by atoms with van der Waals surface area (Å²) in [6.45, 7) is 5.20. The van der Waals surface area contributed by atoms with Gasteiger partial charge >= 0.3 is 0 Å². The Balaban J connectivity index is 1.26. The molecule has 3 heterocycles. The molecule has 2 aromatic carbocycles. The fourth-order valence-corrected chi connectivity index (χ4v) is 6.62. The first-order chi connectivity index (χ1) is 14.0.